The van der Waals surface area contributed by atoms with Gasteiger partial charge in [0.05, 0.1) is 5.56 Å². The third kappa shape index (κ3) is 3.43. The Labute approximate surface area is 160 Å². The van der Waals surface area contributed by atoms with Crippen LogP contribution in [0.3, 0.4) is 0 Å². The first-order valence-electron chi connectivity index (χ1n) is 10.1. The number of para-hydroxylation sites is 1. The zero-order valence-electron chi connectivity index (χ0n) is 15.8. The van der Waals surface area contributed by atoms with E-state index in [-0.39, 0.29) is 29.6 Å². The molecule has 146 valence electrons. The second kappa shape index (κ2) is 7.50. The molecule has 6 nitrogen and oxygen atoms in total. The van der Waals surface area contributed by atoms with Crippen molar-refractivity contribution in [1.29, 1.82) is 0 Å². The van der Waals surface area contributed by atoms with Gasteiger partial charge in [0.25, 0.3) is 5.91 Å². The first-order chi connectivity index (χ1) is 13.1. The summed E-state index contributed by atoms with van der Waals surface area (Å²) in [5, 5.41) is 6.20. The van der Waals surface area contributed by atoms with Crippen LogP contribution in [0, 0.1) is 17.8 Å². The molecule has 1 heterocycles. The van der Waals surface area contributed by atoms with Gasteiger partial charge in [-0.1, -0.05) is 12.1 Å². The molecule has 6 heteroatoms. The van der Waals surface area contributed by atoms with Gasteiger partial charge in [0.15, 0.2) is 5.72 Å². The number of nitrogens with one attached hydrogen (secondary N) is 2. The molecule has 0 aromatic heterocycles. The Bertz CT molecular complexity index is 722. The Morgan fingerprint density at radius 2 is 2.22 bits per heavy atom. The monoisotopic (exact) mass is 372 g/mol. The third-order valence-corrected chi connectivity index (χ3v) is 6.27. The number of carbonyl (C=O) groups excluding carboxylic acids is 2. The van der Waals surface area contributed by atoms with Crippen molar-refractivity contribution in [2.75, 3.05) is 19.8 Å². The Hall–Kier alpha value is -2.08. The number of rotatable bonds is 6. The molecule has 2 amide bonds. The lowest BCUT2D eigenvalue weighted by Gasteiger charge is -2.55. The van der Waals surface area contributed by atoms with Crippen molar-refractivity contribution in [2.45, 2.75) is 44.8 Å². The molecule has 27 heavy (non-hydrogen) atoms. The van der Waals surface area contributed by atoms with Gasteiger partial charge >= 0.3 is 0 Å². The molecule has 2 N–H and O–H groups in total. The van der Waals surface area contributed by atoms with Crippen LogP contribution < -0.4 is 15.4 Å². The first kappa shape index (κ1) is 18.3. The minimum absolute atomic E-state index is 0.0131. The van der Waals surface area contributed by atoms with Crippen molar-refractivity contribution in [3.05, 3.63) is 29.8 Å². The average Bonchev–Trinajstić information content (AvgIpc) is 2.68. The molecule has 1 aliphatic heterocycles. The van der Waals surface area contributed by atoms with E-state index < -0.39 is 5.72 Å². The van der Waals surface area contributed by atoms with Crippen molar-refractivity contribution in [1.82, 2.24) is 10.6 Å². The van der Waals surface area contributed by atoms with Crippen molar-refractivity contribution in [3.63, 3.8) is 0 Å². The SMILES string of the molecule is CCOCCCNC(=O)C1CC2CCC1CC21NC(=O)c2ccccc2O1. The second-order valence-corrected chi connectivity index (χ2v) is 7.86. The molecule has 1 aromatic carbocycles. The van der Waals surface area contributed by atoms with Crippen LogP contribution in [0.15, 0.2) is 24.3 Å². The van der Waals surface area contributed by atoms with Gasteiger partial charge in [0.2, 0.25) is 5.91 Å². The molecule has 0 saturated heterocycles. The van der Waals surface area contributed by atoms with Crippen LogP contribution in [0.4, 0.5) is 0 Å². The van der Waals surface area contributed by atoms with Crippen LogP contribution in [0.25, 0.3) is 0 Å². The zero-order chi connectivity index (χ0) is 18.9. The van der Waals surface area contributed by atoms with Gasteiger partial charge in [-0.05, 0) is 50.7 Å². The number of hydrogen-bond acceptors (Lipinski definition) is 4. The van der Waals surface area contributed by atoms with Gasteiger partial charge < -0.3 is 20.1 Å². The fourth-order valence-corrected chi connectivity index (χ4v) is 4.94. The lowest BCUT2D eigenvalue weighted by atomic mass is 9.60. The highest BCUT2D eigenvalue weighted by atomic mass is 16.5. The number of hydrogen-bond donors (Lipinski definition) is 2. The lowest BCUT2D eigenvalue weighted by molar-refractivity contribution is -0.146. The number of amides is 2. The minimum atomic E-state index is -0.653. The molecule has 3 fully saturated rings. The maximum absolute atomic E-state index is 12.7. The molecule has 4 aliphatic rings. The van der Waals surface area contributed by atoms with E-state index in [4.69, 9.17) is 9.47 Å². The highest BCUT2D eigenvalue weighted by molar-refractivity contribution is 5.98. The first-order valence-corrected chi connectivity index (χ1v) is 10.1. The molecular formula is C21H28N2O4. The Balaban J connectivity index is 1.41. The molecule has 4 atom stereocenters. The van der Waals surface area contributed by atoms with Crippen molar-refractivity contribution in [2.24, 2.45) is 17.8 Å². The zero-order valence-corrected chi connectivity index (χ0v) is 15.8. The van der Waals surface area contributed by atoms with E-state index in [2.05, 4.69) is 10.6 Å². The molecule has 1 aromatic rings. The summed E-state index contributed by atoms with van der Waals surface area (Å²) < 4.78 is 11.7. The smallest absolute Gasteiger partial charge is 0.258 e. The number of ether oxygens (including phenoxy) is 2. The third-order valence-electron chi connectivity index (χ3n) is 6.27. The molecule has 3 saturated carbocycles. The Kier molecular flexibility index (Phi) is 5.08. The van der Waals surface area contributed by atoms with E-state index in [9.17, 15) is 9.59 Å². The minimum Gasteiger partial charge on any atom is -0.467 e. The van der Waals surface area contributed by atoms with E-state index in [1.54, 1.807) is 6.07 Å². The molecule has 1 spiro atoms. The fraction of sp³-hybridized carbons (Fsp3) is 0.619. The predicted molar refractivity (Wildman–Crippen MR) is 100 cm³/mol. The molecule has 4 unspecified atom stereocenters. The van der Waals surface area contributed by atoms with Gasteiger partial charge in [-0.2, -0.15) is 0 Å². The van der Waals surface area contributed by atoms with Crippen LogP contribution >= 0.6 is 0 Å². The quantitative estimate of drug-likeness (QED) is 0.752. The normalized spacial score (nSPS) is 31.1. The average molecular weight is 372 g/mol. The summed E-state index contributed by atoms with van der Waals surface area (Å²) in [6.07, 6.45) is 4.31. The molecule has 0 radical (unpaired) electrons. The van der Waals surface area contributed by atoms with Crippen molar-refractivity contribution >= 4 is 11.8 Å². The summed E-state index contributed by atoms with van der Waals surface area (Å²) in [7, 11) is 0. The van der Waals surface area contributed by atoms with Crippen molar-refractivity contribution < 1.29 is 19.1 Å². The summed E-state index contributed by atoms with van der Waals surface area (Å²) in [5.74, 6) is 1.15. The Morgan fingerprint density at radius 3 is 3.00 bits per heavy atom. The highest BCUT2D eigenvalue weighted by Crippen LogP contribution is 2.52. The maximum atomic E-state index is 12.7. The van der Waals surface area contributed by atoms with Gasteiger partial charge in [0.1, 0.15) is 5.75 Å². The lowest BCUT2D eigenvalue weighted by Crippen LogP contribution is -2.66. The molecule has 5 rings (SSSR count). The maximum Gasteiger partial charge on any atom is 0.258 e. The van der Waals surface area contributed by atoms with E-state index in [0.29, 0.717) is 37.5 Å². The number of benzene rings is 1. The van der Waals surface area contributed by atoms with Crippen LogP contribution in [-0.4, -0.2) is 37.3 Å². The topological polar surface area (TPSA) is 76.7 Å². The largest absolute Gasteiger partial charge is 0.467 e. The van der Waals surface area contributed by atoms with Gasteiger partial charge in [-0.3, -0.25) is 9.59 Å². The van der Waals surface area contributed by atoms with Gasteiger partial charge in [-0.15, -0.1) is 0 Å². The summed E-state index contributed by atoms with van der Waals surface area (Å²) in [6, 6.07) is 7.39. The van der Waals surface area contributed by atoms with Gasteiger partial charge in [-0.25, -0.2) is 0 Å². The number of carbonyl (C=O) groups is 2. The second-order valence-electron chi connectivity index (χ2n) is 7.86. The van der Waals surface area contributed by atoms with Crippen LogP contribution in [0.5, 0.6) is 5.75 Å². The van der Waals surface area contributed by atoms with E-state index in [1.807, 2.05) is 25.1 Å². The fourth-order valence-electron chi connectivity index (χ4n) is 4.94. The molecule has 3 aliphatic carbocycles. The predicted octanol–water partition coefficient (Wildman–Crippen LogP) is 2.48. The van der Waals surface area contributed by atoms with Crippen LogP contribution in [0.2, 0.25) is 0 Å². The van der Waals surface area contributed by atoms with E-state index in [0.717, 1.165) is 25.7 Å². The molecular weight excluding hydrogens is 344 g/mol. The van der Waals surface area contributed by atoms with E-state index >= 15 is 0 Å². The van der Waals surface area contributed by atoms with Crippen molar-refractivity contribution in [3.8, 4) is 5.75 Å². The van der Waals surface area contributed by atoms with Crippen LogP contribution in [-0.2, 0) is 9.53 Å². The summed E-state index contributed by atoms with van der Waals surface area (Å²) in [6.45, 7) is 4.00. The van der Waals surface area contributed by atoms with Crippen LogP contribution in [0.1, 0.15) is 49.4 Å². The molecule has 2 bridgehead atoms. The summed E-state index contributed by atoms with van der Waals surface area (Å²) in [4.78, 5) is 25.3. The van der Waals surface area contributed by atoms with Gasteiger partial charge in [0, 0.05) is 38.0 Å². The number of fused-ring (bicyclic) bond motifs is 3. The standard InChI is InChI=1S/C21H28N2O4/c1-2-26-11-5-10-22-19(24)17-12-15-9-8-14(17)13-21(15)23-20(25)16-6-3-4-7-18(16)27-21/h3-4,6-7,14-15,17H,2,5,8-13H2,1H3,(H,22,24)(H,23,25). The Morgan fingerprint density at radius 1 is 1.37 bits per heavy atom. The van der Waals surface area contributed by atoms with E-state index in [1.165, 1.54) is 0 Å². The summed E-state index contributed by atoms with van der Waals surface area (Å²) in [5.41, 5.74) is -0.0618. The summed E-state index contributed by atoms with van der Waals surface area (Å²) >= 11 is 0. The highest BCUT2D eigenvalue weighted by Gasteiger charge is 2.57.